The first-order valence-electron chi connectivity index (χ1n) is 15.4. The van der Waals surface area contributed by atoms with E-state index < -0.39 is 18.2 Å². The molecule has 3 rings (SSSR count). The Hall–Kier alpha value is -1.97. The van der Waals surface area contributed by atoms with E-state index in [1.165, 1.54) is 0 Å². The van der Waals surface area contributed by atoms with Crippen LogP contribution in [0.15, 0.2) is 30.5 Å². The van der Waals surface area contributed by atoms with Gasteiger partial charge in [0, 0.05) is 49.1 Å². The number of carbonyl (C=O) groups is 1. The van der Waals surface area contributed by atoms with Crippen molar-refractivity contribution in [3.05, 3.63) is 36.0 Å². The molecule has 5 atom stereocenters. The molecule has 0 bridgehead atoms. The van der Waals surface area contributed by atoms with E-state index in [2.05, 4.69) is 27.7 Å². The fourth-order valence-electron chi connectivity index (χ4n) is 5.19. The van der Waals surface area contributed by atoms with E-state index in [-0.39, 0.29) is 24.9 Å². The summed E-state index contributed by atoms with van der Waals surface area (Å²) in [7, 11) is 0. The normalized spacial score (nSPS) is 23.1. The molecular weight excluding hydrogens is 510 g/mol. The van der Waals surface area contributed by atoms with Gasteiger partial charge in [0.05, 0.1) is 6.61 Å². The molecule has 0 saturated carbocycles. The van der Waals surface area contributed by atoms with Crippen molar-refractivity contribution in [2.45, 2.75) is 116 Å². The van der Waals surface area contributed by atoms with Crippen LogP contribution >= 0.6 is 0 Å². The van der Waals surface area contributed by atoms with E-state index >= 15 is 0 Å². The highest BCUT2D eigenvalue weighted by Gasteiger charge is 2.49. The molecule has 0 radical (unpaired) electrons. The van der Waals surface area contributed by atoms with Crippen LogP contribution in [0.25, 0.3) is 10.9 Å². The van der Waals surface area contributed by atoms with Gasteiger partial charge < -0.3 is 33.4 Å². The molecule has 1 aliphatic rings. The highest BCUT2D eigenvalue weighted by Crippen LogP contribution is 2.41. The maximum atomic E-state index is 11.7. The summed E-state index contributed by atoms with van der Waals surface area (Å²) in [5, 5.41) is 10.6. The molecule has 1 N–H and O–H groups in total. The number of aliphatic carboxylic acids is 1. The van der Waals surface area contributed by atoms with Gasteiger partial charge in [-0.05, 0) is 31.7 Å². The van der Waals surface area contributed by atoms with Crippen molar-refractivity contribution in [3.8, 4) is 0 Å². The predicted molar refractivity (Wildman–Crippen MR) is 157 cm³/mol. The van der Waals surface area contributed by atoms with Gasteiger partial charge in [-0.2, -0.15) is 0 Å². The van der Waals surface area contributed by atoms with Crippen LogP contribution in [0.3, 0.4) is 0 Å². The summed E-state index contributed by atoms with van der Waals surface area (Å²) < 4.78 is 34.5. The maximum absolute atomic E-state index is 11.7. The van der Waals surface area contributed by atoms with E-state index in [1.807, 2.05) is 30.5 Å². The average molecular weight is 562 g/mol. The Morgan fingerprint density at radius 1 is 0.825 bits per heavy atom. The Kier molecular flexibility index (Phi) is 14.4. The predicted octanol–water partition coefficient (Wildman–Crippen LogP) is 6.54. The monoisotopic (exact) mass is 561 g/mol. The average Bonchev–Trinajstić information content (AvgIpc) is 3.30. The Bertz CT molecular complexity index is 993. The summed E-state index contributed by atoms with van der Waals surface area (Å²) in [5.41, 5.74) is 1.77. The standard InChI is InChI=1S/C32H51NO7/c1-5-9-17-36-23-27-30(37-18-10-6-2)32(39-20-12-8-4)31(38-19-11-7-3)29(40-27)25-21-33(22-28(34)35)26-16-14-13-15-24(25)26/h13-16,21,27,29-32H,5-12,17-20,22-23H2,1-4H3,(H,34,35)/t27-,29+,30-,31+,32+/m1/s1. The number of unbranched alkanes of at least 4 members (excludes halogenated alkanes) is 4. The number of ether oxygens (including phenoxy) is 5. The lowest BCUT2D eigenvalue weighted by Crippen LogP contribution is -2.58. The van der Waals surface area contributed by atoms with Crippen LogP contribution < -0.4 is 0 Å². The molecule has 1 saturated heterocycles. The lowest BCUT2D eigenvalue weighted by molar-refractivity contribution is -0.268. The number of para-hydroxylation sites is 1. The highest BCUT2D eigenvalue weighted by molar-refractivity contribution is 5.85. The quantitative estimate of drug-likeness (QED) is 0.184. The Morgan fingerprint density at radius 2 is 1.40 bits per heavy atom. The van der Waals surface area contributed by atoms with Crippen LogP contribution in [-0.4, -0.2) is 73.1 Å². The first-order chi connectivity index (χ1) is 19.5. The molecule has 2 heterocycles. The Labute approximate surface area is 240 Å². The number of carboxylic acid groups (broad SMARTS) is 1. The number of rotatable bonds is 20. The van der Waals surface area contributed by atoms with Gasteiger partial charge in [-0.3, -0.25) is 4.79 Å². The highest BCUT2D eigenvalue weighted by atomic mass is 16.6. The van der Waals surface area contributed by atoms with Crippen LogP contribution in [0.1, 0.15) is 90.7 Å². The molecule has 0 spiro atoms. The zero-order valence-corrected chi connectivity index (χ0v) is 25.0. The Morgan fingerprint density at radius 3 is 2.02 bits per heavy atom. The summed E-state index contributed by atoms with van der Waals surface area (Å²) in [6.07, 6.45) is 7.96. The molecule has 1 aliphatic heterocycles. The van der Waals surface area contributed by atoms with Crippen molar-refractivity contribution in [1.82, 2.24) is 4.57 Å². The van der Waals surface area contributed by atoms with Gasteiger partial charge in [0.15, 0.2) is 0 Å². The fourth-order valence-corrected chi connectivity index (χ4v) is 5.19. The molecule has 8 heteroatoms. The second kappa shape index (κ2) is 17.8. The number of aromatic nitrogens is 1. The number of nitrogens with zero attached hydrogens (tertiary/aromatic N) is 1. The summed E-state index contributed by atoms with van der Waals surface area (Å²) in [6, 6.07) is 7.89. The van der Waals surface area contributed by atoms with Crippen molar-refractivity contribution in [2.24, 2.45) is 0 Å². The van der Waals surface area contributed by atoms with E-state index in [4.69, 9.17) is 23.7 Å². The van der Waals surface area contributed by atoms with E-state index in [0.717, 1.165) is 67.8 Å². The number of carboxylic acids is 1. The second-order valence-electron chi connectivity index (χ2n) is 10.7. The van der Waals surface area contributed by atoms with Gasteiger partial charge in [0.25, 0.3) is 0 Å². The van der Waals surface area contributed by atoms with Gasteiger partial charge >= 0.3 is 5.97 Å². The van der Waals surface area contributed by atoms with Crippen molar-refractivity contribution in [2.75, 3.05) is 33.0 Å². The number of hydrogen-bond donors (Lipinski definition) is 1. The number of benzene rings is 1. The van der Waals surface area contributed by atoms with Gasteiger partial charge in [-0.25, -0.2) is 0 Å². The molecule has 40 heavy (non-hydrogen) atoms. The van der Waals surface area contributed by atoms with Gasteiger partial charge in [-0.1, -0.05) is 71.6 Å². The third kappa shape index (κ3) is 9.02. The van der Waals surface area contributed by atoms with E-state index in [0.29, 0.717) is 33.0 Å². The first kappa shape index (κ1) is 32.5. The first-order valence-corrected chi connectivity index (χ1v) is 15.4. The fraction of sp³-hybridized carbons (Fsp3) is 0.719. The largest absolute Gasteiger partial charge is 0.480 e. The van der Waals surface area contributed by atoms with Crippen LogP contribution in [0.4, 0.5) is 0 Å². The van der Waals surface area contributed by atoms with Crippen molar-refractivity contribution in [3.63, 3.8) is 0 Å². The molecule has 1 aromatic heterocycles. The van der Waals surface area contributed by atoms with Crippen LogP contribution in [0.2, 0.25) is 0 Å². The molecule has 2 aromatic rings. The summed E-state index contributed by atoms with van der Waals surface area (Å²) in [5.74, 6) is -0.889. The van der Waals surface area contributed by atoms with Crippen LogP contribution in [0, 0.1) is 0 Å². The maximum Gasteiger partial charge on any atom is 0.323 e. The molecule has 1 aromatic carbocycles. The minimum Gasteiger partial charge on any atom is -0.480 e. The third-order valence-electron chi connectivity index (χ3n) is 7.41. The zero-order chi connectivity index (χ0) is 28.7. The lowest BCUT2D eigenvalue weighted by atomic mass is 9.90. The number of fused-ring (bicyclic) bond motifs is 1. The van der Waals surface area contributed by atoms with Crippen LogP contribution in [0.5, 0.6) is 0 Å². The van der Waals surface area contributed by atoms with E-state index in [1.54, 1.807) is 4.57 Å². The van der Waals surface area contributed by atoms with Crippen molar-refractivity contribution < 1.29 is 33.6 Å². The summed E-state index contributed by atoms with van der Waals surface area (Å²) in [4.78, 5) is 11.7. The van der Waals surface area contributed by atoms with Crippen molar-refractivity contribution in [1.29, 1.82) is 0 Å². The molecular formula is C32H51NO7. The van der Waals surface area contributed by atoms with Gasteiger partial charge in [0.1, 0.15) is 37.1 Å². The topological polar surface area (TPSA) is 88.4 Å². The lowest BCUT2D eigenvalue weighted by Gasteiger charge is -2.46. The number of hydrogen-bond acceptors (Lipinski definition) is 6. The minimum atomic E-state index is -0.889. The Balaban J connectivity index is 2.05. The smallest absolute Gasteiger partial charge is 0.323 e. The van der Waals surface area contributed by atoms with Crippen molar-refractivity contribution >= 4 is 16.9 Å². The van der Waals surface area contributed by atoms with Crippen LogP contribution in [-0.2, 0) is 35.0 Å². The SMILES string of the molecule is CCCCOC[C@H]1O[C@@H](c2cn(CC(=O)O)c3ccccc23)[C@H](OCCCC)[C@@H](OCCCC)[C@@H]1OCCCC. The molecule has 0 unspecified atom stereocenters. The molecule has 226 valence electrons. The molecule has 8 nitrogen and oxygen atoms in total. The summed E-state index contributed by atoms with van der Waals surface area (Å²) >= 11 is 0. The third-order valence-corrected chi connectivity index (χ3v) is 7.41. The zero-order valence-electron chi connectivity index (χ0n) is 25.0. The van der Waals surface area contributed by atoms with Gasteiger partial charge in [0.2, 0.25) is 0 Å². The summed E-state index contributed by atoms with van der Waals surface area (Å²) in [6.45, 7) is 11.4. The van der Waals surface area contributed by atoms with Gasteiger partial charge in [-0.15, -0.1) is 0 Å². The van der Waals surface area contributed by atoms with E-state index in [9.17, 15) is 9.90 Å². The minimum absolute atomic E-state index is 0.128. The molecule has 0 aliphatic carbocycles. The molecule has 1 fully saturated rings. The second-order valence-corrected chi connectivity index (χ2v) is 10.7. The molecule has 0 amide bonds.